The molecule has 6 aliphatic rings. The first kappa shape index (κ1) is 42.3. The number of anilines is 6. The molecule has 0 aromatic heterocycles. The van der Waals surface area contributed by atoms with Gasteiger partial charge < -0.3 is 9.80 Å². The monoisotopic (exact) mass is 867 g/mol. The number of rotatable bonds is 2. The Bertz CT molecular complexity index is 3130. The maximum Gasteiger partial charge on any atom is 0.252 e. The molecule has 336 valence electrons. The Morgan fingerprint density at radius 3 is 1.50 bits per heavy atom. The SMILES string of the molecule is Cc1cc2c3c(c1)N(c1cccc4c1C(C)(C)c1ccccc1-4)c1cc4c(cc1B3c1cc3c(cc1N2c1ccc2c(c1)C(C)(C)CCC2(C)C)C(C)(C)CCC3(C)C)C(C)(C)CC4(C)C. The van der Waals surface area contributed by atoms with Crippen LogP contribution >= 0.6 is 0 Å². The van der Waals surface area contributed by atoms with E-state index in [1.807, 2.05) is 0 Å². The van der Waals surface area contributed by atoms with Crippen LogP contribution in [0, 0.1) is 6.92 Å². The summed E-state index contributed by atoms with van der Waals surface area (Å²) in [6, 6.07) is 39.8. The maximum atomic E-state index is 2.75. The van der Waals surface area contributed by atoms with Gasteiger partial charge in [0, 0.05) is 33.9 Å². The van der Waals surface area contributed by atoms with Crippen molar-refractivity contribution in [3.8, 4) is 11.1 Å². The van der Waals surface area contributed by atoms with Gasteiger partial charge in [0.2, 0.25) is 0 Å². The molecule has 2 nitrogen and oxygen atoms in total. The van der Waals surface area contributed by atoms with Crippen molar-refractivity contribution in [3.63, 3.8) is 0 Å². The van der Waals surface area contributed by atoms with Crippen molar-refractivity contribution in [2.75, 3.05) is 9.80 Å². The van der Waals surface area contributed by atoms with Crippen LogP contribution in [-0.4, -0.2) is 6.71 Å². The highest BCUT2D eigenvalue weighted by atomic mass is 15.2. The van der Waals surface area contributed by atoms with Crippen LogP contribution in [0.5, 0.6) is 0 Å². The molecule has 6 aromatic carbocycles. The van der Waals surface area contributed by atoms with E-state index in [2.05, 4.69) is 211 Å². The van der Waals surface area contributed by atoms with Gasteiger partial charge in [-0.2, -0.15) is 0 Å². The van der Waals surface area contributed by atoms with Crippen LogP contribution in [0.25, 0.3) is 11.1 Å². The maximum absolute atomic E-state index is 2.75. The van der Waals surface area contributed by atoms with Gasteiger partial charge in [-0.1, -0.05) is 152 Å². The molecule has 0 amide bonds. The molecule has 6 aromatic rings. The Kier molecular flexibility index (Phi) is 8.30. The second-order valence-corrected chi connectivity index (χ2v) is 26.3. The highest BCUT2D eigenvalue weighted by Crippen LogP contribution is 2.58. The molecule has 0 saturated heterocycles. The Hall–Kier alpha value is -5.02. The average Bonchev–Trinajstić information content (AvgIpc) is 3.59. The fourth-order valence-electron chi connectivity index (χ4n) is 14.9. The molecule has 0 bridgehead atoms. The zero-order chi connectivity index (χ0) is 46.6. The first-order chi connectivity index (χ1) is 30.8. The van der Waals surface area contributed by atoms with E-state index in [4.69, 9.17) is 0 Å². The zero-order valence-electron chi connectivity index (χ0n) is 42.7. The number of hydrogen-bond donors (Lipinski definition) is 0. The molecular weight excluding hydrogens is 796 g/mol. The Balaban J connectivity index is 1.22. The standard InChI is InChI=1S/C63H71BN2/c1-37-29-53-56-54(30-37)66(50-22-18-20-40-39-19-16-17-21-41(39)63(14,15)55(40)50)52-35-47-45(61(10,11)36-62(47,12)13)33-49(52)64(56)48-32-44-46(60(8,9)28-27-59(44,6)7)34-51(48)65(53)38-23-24-42-43(31-38)58(4,5)26-25-57(42,2)3/h16-24,29-35H,25-28,36H2,1-15H3. The summed E-state index contributed by atoms with van der Waals surface area (Å²) in [5, 5.41) is 0. The summed E-state index contributed by atoms with van der Waals surface area (Å²) in [7, 11) is 0. The van der Waals surface area contributed by atoms with Crippen molar-refractivity contribution >= 4 is 57.2 Å². The van der Waals surface area contributed by atoms with Gasteiger partial charge in [-0.25, -0.2) is 0 Å². The van der Waals surface area contributed by atoms with Crippen LogP contribution in [0.2, 0.25) is 0 Å². The number of benzene rings is 6. The lowest BCUT2D eigenvalue weighted by Gasteiger charge is -2.48. The predicted octanol–water partition coefficient (Wildman–Crippen LogP) is 15.0. The number of aryl methyl sites for hydroxylation is 1. The van der Waals surface area contributed by atoms with Gasteiger partial charge in [-0.15, -0.1) is 0 Å². The van der Waals surface area contributed by atoms with Crippen LogP contribution in [0.4, 0.5) is 34.1 Å². The largest absolute Gasteiger partial charge is 0.311 e. The van der Waals surface area contributed by atoms with Gasteiger partial charge in [0.15, 0.2) is 0 Å². The summed E-state index contributed by atoms with van der Waals surface area (Å²) in [6.07, 6.45) is 5.91. The van der Waals surface area contributed by atoms with Crippen molar-refractivity contribution < 1.29 is 0 Å². The first-order valence-electron chi connectivity index (χ1n) is 25.4. The van der Waals surface area contributed by atoms with E-state index in [1.165, 1.54) is 137 Å². The molecular formula is C63H71BN2. The lowest BCUT2D eigenvalue weighted by atomic mass is 9.32. The quantitative estimate of drug-likeness (QED) is 0.160. The molecule has 66 heavy (non-hydrogen) atoms. The second-order valence-electron chi connectivity index (χ2n) is 26.3. The molecule has 0 N–H and O–H groups in total. The highest BCUT2D eigenvalue weighted by Gasteiger charge is 2.51. The van der Waals surface area contributed by atoms with Gasteiger partial charge in [-0.05, 0) is 192 Å². The predicted molar refractivity (Wildman–Crippen MR) is 284 cm³/mol. The molecule has 2 heterocycles. The summed E-state index contributed by atoms with van der Waals surface area (Å²) >= 11 is 0. The topological polar surface area (TPSA) is 6.48 Å². The minimum Gasteiger partial charge on any atom is -0.311 e. The van der Waals surface area contributed by atoms with Crippen molar-refractivity contribution in [2.24, 2.45) is 0 Å². The van der Waals surface area contributed by atoms with Gasteiger partial charge >= 0.3 is 0 Å². The van der Waals surface area contributed by atoms with Gasteiger partial charge in [0.25, 0.3) is 6.71 Å². The minimum atomic E-state index is -0.179. The number of fused-ring (bicyclic) bond motifs is 10. The van der Waals surface area contributed by atoms with E-state index in [-0.39, 0.29) is 44.6 Å². The molecule has 0 radical (unpaired) electrons. The lowest BCUT2D eigenvalue weighted by Crippen LogP contribution is -2.62. The van der Waals surface area contributed by atoms with E-state index in [9.17, 15) is 0 Å². The fraction of sp³-hybridized carbons (Fsp3) is 0.429. The molecule has 12 rings (SSSR count). The van der Waals surface area contributed by atoms with E-state index in [1.54, 1.807) is 0 Å². The zero-order valence-corrected chi connectivity index (χ0v) is 42.7. The number of hydrogen-bond acceptors (Lipinski definition) is 2. The summed E-state index contributed by atoms with van der Waals surface area (Å²) in [5.74, 6) is 0. The Morgan fingerprint density at radius 1 is 0.394 bits per heavy atom. The minimum absolute atomic E-state index is 0.0520. The van der Waals surface area contributed by atoms with Crippen LogP contribution in [0.1, 0.15) is 179 Å². The fourth-order valence-corrected chi connectivity index (χ4v) is 14.9. The van der Waals surface area contributed by atoms with Crippen molar-refractivity contribution in [1.82, 2.24) is 0 Å². The smallest absolute Gasteiger partial charge is 0.252 e. The van der Waals surface area contributed by atoms with E-state index in [0.29, 0.717) is 0 Å². The number of nitrogens with zero attached hydrogens (tertiary/aromatic N) is 2. The molecule has 2 aliphatic heterocycles. The van der Waals surface area contributed by atoms with Crippen LogP contribution < -0.4 is 26.2 Å². The Morgan fingerprint density at radius 2 is 0.879 bits per heavy atom. The van der Waals surface area contributed by atoms with Gasteiger partial charge in [-0.3, -0.25) is 0 Å². The van der Waals surface area contributed by atoms with Crippen LogP contribution in [-0.2, 0) is 37.9 Å². The van der Waals surface area contributed by atoms with Gasteiger partial charge in [0.1, 0.15) is 0 Å². The molecule has 4 aliphatic carbocycles. The van der Waals surface area contributed by atoms with Crippen molar-refractivity contribution in [2.45, 2.75) is 174 Å². The normalized spacial score (nSPS) is 21.7. The molecule has 0 atom stereocenters. The van der Waals surface area contributed by atoms with E-state index in [0.717, 1.165) is 6.42 Å². The molecule has 0 unspecified atom stereocenters. The van der Waals surface area contributed by atoms with Gasteiger partial charge in [0.05, 0.1) is 5.69 Å². The van der Waals surface area contributed by atoms with Crippen molar-refractivity contribution in [1.29, 1.82) is 0 Å². The highest BCUT2D eigenvalue weighted by molar-refractivity contribution is 7.00. The van der Waals surface area contributed by atoms with Crippen LogP contribution in [0.15, 0.2) is 97.1 Å². The molecule has 3 heteroatoms. The van der Waals surface area contributed by atoms with E-state index < -0.39 is 0 Å². The molecule has 0 saturated carbocycles. The summed E-state index contributed by atoms with van der Waals surface area (Å²) in [5.41, 5.74) is 28.6. The van der Waals surface area contributed by atoms with E-state index >= 15 is 0 Å². The molecule has 0 fully saturated rings. The summed E-state index contributed by atoms with van der Waals surface area (Å²) in [4.78, 5) is 5.48. The third-order valence-corrected chi connectivity index (χ3v) is 18.6. The third-order valence-electron chi connectivity index (χ3n) is 18.6. The summed E-state index contributed by atoms with van der Waals surface area (Å²) in [6.45, 7) is 37.2. The van der Waals surface area contributed by atoms with Crippen LogP contribution in [0.3, 0.4) is 0 Å². The Labute approximate surface area is 397 Å². The van der Waals surface area contributed by atoms with Crippen molar-refractivity contribution in [3.05, 3.63) is 147 Å². The molecule has 0 spiro atoms. The second kappa shape index (κ2) is 12.9. The lowest BCUT2D eigenvalue weighted by molar-refractivity contribution is 0.332. The average molecular weight is 867 g/mol. The summed E-state index contributed by atoms with van der Waals surface area (Å²) < 4.78 is 0. The first-order valence-corrected chi connectivity index (χ1v) is 25.4. The third kappa shape index (κ3) is 5.55.